The molecule has 3 unspecified atom stereocenters. The molecule has 0 radical (unpaired) electrons. The number of carbonyl (C=O) groups excluding carboxylic acids is 1. The number of hydrogen-bond acceptors (Lipinski definition) is 3. The number of ether oxygens (including phenoxy) is 1. The van der Waals surface area contributed by atoms with Crippen LogP contribution in [0.3, 0.4) is 0 Å². The molecule has 0 spiro atoms. The molecule has 0 bridgehead atoms. The number of benzene rings is 1. The first kappa shape index (κ1) is 14.9. The van der Waals surface area contributed by atoms with Crippen molar-refractivity contribution in [1.29, 1.82) is 0 Å². The van der Waals surface area contributed by atoms with Crippen LogP contribution in [0.5, 0.6) is 0 Å². The quantitative estimate of drug-likeness (QED) is 0.889. The Labute approximate surface area is 120 Å². The highest BCUT2D eigenvalue weighted by Crippen LogP contribution is 2.25. The average Bonchev–Trinajstić information content (AvgIpc) is 3.05. The van der Waals surface area contributed by atoms with Crippen molar-refractivity contribution in [2.75, 3.05) is 0 Å². The van der Waals surface area contributed by atoms with Crippen LogP contribution in [-0.4, -0.2) is 23.8 Å². The van der Waals surface area contributed by atoms with Crippen LogP contribution in [0.25, 0.3) is 0 Å². The monoisotopic (exact) mass is 276 g/mol. The van der Waals surface area contributed by atoms with Crippen molar-refractivity contribution in [2.45, 2.75) is 57.8 Å². The van der Waals surface area contributed by atoms with Gasteiger partial charge < -0.3 is 15.4 Å². The highest BCUT2D eigenvalue weighted by atomic mass is 16.6. The van der Waals surface area contributed by atoms with Crippen molar-refractivity contribution in [3.63, 3.8) is 0 Å². The fourth-order valence-corrected chi connectivity index (χ4v) is 2.16. The number of amides is 1. The molecule has 1 aromatic rings. The molecule has 1 aromatic carbocycles. The SMILES string of the molecule is CC(NC1CC1NC(=O)OC(C)(C)C)c1ccccc1. The maximum absolute atomic E-state index is 11.6. The summed E-state index contributed by atoms with van der Waals surface area (Å²) in [5.41, 5.74) is 0.814. The summed E-state index contributed by atoms with van der Waals surface area (Å²) in [7, 11) is 0. The second-order valence-corrected chi connectivity index (χ2v) is 6.39. The maximum atomic E-state index is 11.6. The Morgan fingerprint density at radius 3 is 2.50 bits per heavy atom. The molecule has 4 heteroatoms. The third-order valence-corrected chi connectivity index (χ3v) is 3.26. The summed E-state index contributed by atoms with van der Waals surface area (Å²) in [6.45, 7) is 7.74. The zero-order valence-electron chi connectivity index (χ0n) is 12.6. The van der Waals surface area contributed by atoms with Gasteiger partial charge in [-0.05, 0) is 39.7 Å². The van der Waals surface area contributed by atoms with Gasteiger partial charge in [-0.3, -0.25) is 0 Å². The molecule has 0 heterocycles. The fraction of sp³-hybridized carbons (Fsp3) is 0.562. The van der Waals surface area contributed by atoms with Crippen LogP contribution in [0.1, 0.15) is 45.7 Å². The Hall–Kier alpha value is -1.55. The summed E-state index contributed by atoms with van der Waals surface area (Å²) in [5.74, 6) is 0. The molecular weight excluding hydrogens is 252 g/mol. The highest BCUT2D eigenvalue weighted by Gasteiger charge is 2.39. The lowest BCUT2D eigenvalue weighted by Gasteiger charge is -2.20. The van der Waals surface area contributed by atoms with Gasteiger partial charge in [-0.25, -0.2) is 4.79 Å². The summed E-state index contributed by atoms with van der Waals surface area (Å²) in [5, 5.41) is 6.41. The topological polar surface area (TPSA) is 50.4 Å². The smallest absolute Gasteiger partial charge is 0.407 e. The van der Waals surface area contributed by atoms with E-state index < -0.39 is 5.60 Å². The van der Waals surface area contributed by atoms with E-state index >= 15 is 0 Å². The molecule has 0 aliphatic heterocycles. The molecule has 0 saturated heterocycles. The second kappa shape index (κ2) is 5.83. The van der Waals surface area contributed by atoms with Crippen LogP contribution in [0.15, 0.2) is 30.3 Å². The zero-order valence-corrected chi connectivity index (χ0v) is 12.6. The maximum Gasteiger partial charge on any atom is 0.407 e. The minimum atomic E-state index is -0.445. The van der Waals surface area contributed by atoms with E-state index in [1.807, 2.05) is 39.0 Å². The van der Waals surface area contributed by atoms with Crippen LogP contribution in [0.2, 0.25) is 0 Å². The van der Waals surface area contributed by atoms with Gasteiger partial charge in [-0.2, -0.15) is 0 Å². The van der Waals surface area contributed by atoms with E-state index in [-0.39, 0.29) is 18.2 Å². The molecule has 110 valence electrons. The number of carbonyl (C=O) groups is 1. The third-order valence-electron chi connectivity index (χ3n) is 3.26. The van der Waals surface area contributed by atoms with Crippen molar-refractivity contribution >= 4 is 6.09 Å². The van der Waals surface area contributed by atoms with Gasteiger partial charge >= 0.3 is 6.09 Å². The van der Waals surface area contributed by atoms with Gasteiger partial charge in [0.1, 0.15) is 5.60 Å². The Balaban J connectivity index is 1.74. The summed E-state index contributed by atoms with van der Waals surface area (Å²) in [6, 6.07) is 11.1. The van der Waals surface area contributed by atoms with Gasteiger partial charge in [-0.15, -0.1) is 0 Å². The van der Waals surface area contributed by atoms with Crippen molar-refractivity contribution in [3.8, 4) is 0 Å². The van der Waals surface area contributed by atoms with Crippen LogP contribution in [0.4, 0.5) is 4.79 Å². The summed E-state index contributed by atoms with van der Waals surface area (Å²) in [6.07, 6.45) is 0.621. The molecule has 20 heavy (non-hydrogen) atoms. The van der Waals surface area contributed by atoms with E-state index in [4.69, 9.17) is 4.74 Å². The Morgan fingerprint density at radius 1 is 1.25 bits per heavy atom. The van der Waals surface area contributed by atoms with E-state index in [1.54, 1.807) is 0 Å². The third kappa shape index (κ3) is 4.53. The van der Waals surface area contributed by atoms with Crippen LogP contribution >= 0.6 is 0 Å². The van der Waals surface area contributed by atoms with E-state index in [1.165, 1.54) is 5.56 Å². The average molecular weight is 276 g/mol. The van der Waals surface area contributed by atoms with Gasteiger partial charge in [-0.1, -0.05) is 30.3 Å². The van der Waals surface area contributed by atoms with Crippen LogP contribution < -0.4 is 10.6 Å². The summed E-state index contributed by atoms with van der Waals surface area (Å²) >= 11 is 0. The van der Waals surface area contributed by atoms with Crippen molar-refractivity contribution in [2.24, 2.45) is 0 Å². The Kier molecular flexibility index (Phi) is 4.33. The molecule has 2 rings (SSSR count). The Morgan fingerprint density at radius 2 is 1.90 bits per heavy atom. The van der Waals surface area contributed by atoms with E-state index in [2.05, 4.69) is 29.7 Å². The lowest BCUT2D eigenvalue weighted by molar-refractivity contribution is 0.0522. The molecule has 1 aliphatic carbocycles. The molecule has 1 saturated carbocycles. The molecular formula is C16H24N2O2. The first-order chi connectivity index (χ1) is 9.35. The summed E-state index contributed by atoms with van der Waals surface area (Å²) in [4.78, 5) is 11.6. The van der Waals surface area contributed by atoms with Gasteiger partial charge in [0.25, 0.3) is 0 Å². The highest BCUT2D eigenvalue weighted by molar-refractivity contribution is 5.68. The first-order valence-electron chi connectivity index (χ1n) is 7.15. The zero-order chi connectivity index (χ0) is 14.8. The van der Waals surface area contributed by atoms with Crippen molar-refractivity contribution in [3.05, 3.63) is 35.9 Å². The Bertz CT molecular complexity index is 453. The van der Waals surface area contributed by atoms with Gasteiger partial charge in [0.05, 0.1) is 0 Å². The van der Waals surface area contributed by atoms with Gasteiger partial charge in [0.2, 0.25) is 0 Å². The predicted octanol–water partition coefficient (Wildman–Crippen LogP) is 3.00. The minimum Gasteiger partial charge on any atom is -0.444 e. The predicted molar refractivity (Wildman–Crippen MR) is 79.6 cm³/mol. The number of alkyl carbamates (subject to hydrolysis) is 1. The first-order valence-corrected chi connectivity index (χ1v) is 7.15. The second-order valence-electron chi connectivity index (χ2n) is 6.39. The van der Waals surface area contributed by atoms with E-state index in [0.717, 1.165) is 6.42 Å². The van der Waals surface area contributed by atoms with Gasteiger partial charge in [0.15, 0.2) is 0 Å². The molecule has 4 nitrogen and oxygen atoms in total. The molecule has 1 aliphatic rings. The number of rotatable bonds is 4. The van der Waals surface area contributed by atoms with E-state index in [0.29, 0.717) is 6.04 Å². The molecule has 1 amide bonds. The van der Waals surface area contributed by atoms with Crippen molar-refractivity contribution in [1.82, 2.24) is 10.6 Å². The molecule has 3 atom stereocenters. The normalized spacial score (nSPS) is 23.0. The minimum absolute atomic E-state index is 0.177. The van der Waals surface area contributed by atoms with Crippen molar-refractivity contribution < 1.29 is 9.53 Å². The fourth-order valence-electron chi connectivity index (χ4n) is 2.16. The standard InChI is InChI=1S/C16H24N2O2/c1-11(12-8-6-5-7-9-12)17-13-10-14(13)18-15(19)20-16(2,3)4/h5-9,11,13-14,17H,10H2,1-4H3,(H,18,19). The van der Waals surface area contributed by atoms with E-state index in [9.17, 15) is 4.79 Å². The van der Waals surface area contributed by atoms with Crippen LogP contribution in [0, 0.1) is 0 Å². The van der Waals surface area contributed by atoms with Crippen LogP contribution in [-0.2, 0) is 4.74 Å². The number of hydrogen-bond donors (Lipinski definition) is 2. The lowest BCUT2D eigenvalue weighted by Crippen LogP contribution is -2.37. The number of nitrogens with one attached hydrogen (secondary N) is 2. The lowest BCUT2D eigenvalue weighted by atomic mass is 10.1. The molecule has 2 N–H and O–H groups in total. The van der Waals surface area contributed by atoms with Gasteiger partial charge in [0, 0.05) is 18.1 Å². The molecule has 0 aromatic heterocycles. The summed E-state index contributed by atoms with van der Waals surface area (Å²) < 4.78 is 5.25. The molecule has 1 fully saturated rings. The largest absolute Gasteiger partial charge is 0.444 e.